The van der Waals surface area contributed by atoms with Crippen LogP contribution < -0.4 is 0 Å². The Bertz CT molecular complexity index is 591. The summed E-state index contributed by atoms with van der Waals surface area (Å²) < 4.78 is 20.6. The molecular formula is C15H14O6. The molecule has 0 bridgehead atoms. The lowest BCUT2D eigenvalue weighted by molar-refractivity contribution is -0.144. The number of hydrogen-bond donors (Lipinski definition) is 0. The van der Waals surface area contributed by atoms with Crippen molar-refractivity contribution in [1.82, 2.24) is 0 Å². The summed E-state index contributed by atoms with van der Waals surface area (Å²) in [5, 5.41) is 0. The number of carbonyl (C=O) groups is 2. The first-order valence-corrected chi connectivity index (χ1v) is 6.57. The minimum Gasteiger partial charge on any atom is -0.489 e. The first-order valence-electron chi connectivity index (χ1n) is 6.57. The smallest absolute Gasteiger partial charge is 0.489 e. The van der Waals surface area contributed by atoms with Crippen LogP contribution in [0.1, 0.15) is 12.5 Å². The van der Waals surface area contributed by atoms with E-state index >= 15 is 0 Å². The summed E-state index contributed by atoms with van der Waals surface area (Å²) in [6, 6.07) is 9.55. The highest BCUT2D eigenvalue weighted by Gasteiger charge is 2.44. The Morgan fingerprint density at radius 1 is 1.19 bits per heavy atom. The summed E-state index contributed by atoms with van der Waals surface area (Å²) in [5.41, 5.74) is 1.36. The molecule has 2 atom stereocenters. The zero-order valence-electron chi connectivity index (χ0n) is 11.4. The van der Waals surface area contributed by atoms with Crippen molar-refractivity contribution < 1.29 is 28.5 Å². The van der Waals surface area contributed by atoms with Gasteiger partial charge >= 0.3 is 12.1 Å². The van der Waals surface area contributed by atoms with Crippen molar-refractivity contribution in [2.45, 2.75) is 25.7 Å². The molecule has 1 aromatic rings. The summed E-state index contributed by atoms with van der Waals surface area (Å²) in [6.07, 6.45) is -2.17. The number of ether oxygens (including phenoxy) is 4. The average Bonchev–Trinajstić information content (AvgIpc) is 3.03. The van der Waals surface area contributed by atoms with Gasteiger partial charge in [-0.25, -0.2) is 9.59 Å². The number of cyclic esters (lactones) is 3. The topological polar surface area (TPSA) is 71.1 Å². The van der Waals surface area contributed by atoms with Crippen molar-refractivity contribution >= 4 is 12.1 Å². The van der Waals surface area contributed by atoms with Gasteiger partial charge in [-0.2, -0.15) is 0 Å². The van der Waals surface area contributed by atoms with Gasteiger partial charge in [0.2, 0.25) is 0 Å². The Morgan fingerprint density at radius 3 is 2.62 bits per heavy atom. The van der Waals surface area contributed by atoms with Crippen molar-refractivity contribution in [2.75, 3.05) is 6.61 Å². The minimum absolute atomic E-state index is 0.0439. The Morgan fingerprint density at radius 2 is 1.95 bits per heavy atom. The molecule has 0 N–H and O–H groups in total. The molecule has 6 nitrogen and oxygen atoms in total. The SMILES string of the molecule is CC1=C(OCc2ccccc2)[C@@H](C2COC(=O)O2)OC1=O. The largest absolute Gasteiger partial charge is 0.508 e. The van der Waals surface area contributed by atoms with Crippen LogP contribution >= 0.6 is 0 Å². The Labute approximate surface area is 121 Å². The maximum absolute atomic E-state index is 11.7. The van der Waals surface area contributed by atoms with Crippen molar-refractivity contribution in [3.63, 3.8) is 0 Å². The van der Waals surface area contributed by atoms with Crippen LogP contribution in [0.3, 0.4) is 0 Å². The number of benzene rings is 1. The van der Waals surface area contributed by atoms with Crippen LogP contribution in [-0.4, -0.2) is 30.9 Å². The second-order valence-corrected chi connectivity index (χ2v) is 4.81. The lowest BCUT2D eigenvalue weighted by atomic mass is 10.1. The van der Waals surface area contributed by atoms with Gasteiger partial charge in [0.1, 0.15) is 13.2 Å². The van der Waals surface area contributed by atoms with E-state index in [-0.39, 0.29) is 6.61 Å². The van der Waals surface area contributed by atoms with Gasteiger partial charge in [-0.05, 0) is 12.5 Å². The molecule has 1 aromatic carbocycles. The molecule has 0 radical (unpaired) electrons. The van der Waals surface area contributed by atoms with Gasteiger partial charge in [0.15, 0.2) is 18.0 Å². The molecule has 0 saturated carbocycles. The standard InChI is InChI=1S/C15H14O6/c1-9-12(18-7-10-5-3-2-4-6-10)13(21-14(9)16)11-8-19-15(17)20-11/h2-6,11,13H,7-8H2,1H3/t11?,13-/m1/s1. The van der Waals surface area contributed by atoms with E-state index in [4.69, 9.17) is 18.9 Å². The van der Waals surface area contributed by atoms with E-state index in [1.54, 1.807) is 6.92 Å². The normalized spacial score (nSPS) is 24.6. The summed E-state index contributed by atoms with van der Waals surface area (Å²) in [7, 11) is 0. The van der Waals surface area contributed by atoms with E-state index < -0.39 is 24.3 Å². The third-order valence-corrected chi connectivity index (χ3v) is 3.36. The number of hydrogen-bond acceptors (Lipinski definition) is 6. The second-order valence-electron chi connectivity index (χ2n) is 4.81. The first-order chi connectivity index (χ1) is 10.1. The first kappa shape index (κ1) is 13.5. The Hall–Kier alpha value is -2.50. The van der Waals surface area contributed by atoms with E-state index in [0.717, 1.165) is 5.56 Å². The monoisotopic (exact) mass is 290 g/mol. The molecule has 110 valence electrons. The lowest BCUT2D eigenvalue weighted by Gasteiger charge is -2.18. The highest BCUT2D eigenvalue weighted by atomic mass is 16.8. The molecule has 1 unspecified atom stereocenters. The fourth-order valence-corrected chi connectivity index (χ4v) is 2.23. The third-order valence-electron chi connectivity index (χ3n) is 3.36. The molecule has 1 fully saturated rings. The predicted molar refractivity (Wildman–Crippen MR) is 70.0 cm³/mol. The summed E-state index contributed by atoms with van der Waals surface area (Å²) in [4.78, 5) is 22.7. The van der Waals surface area contributed by atoms with Crippen LogP contribution in [0, 0.1) is 0 Å². The molecule has 2 aliphatic heterocycles. The van der Waals surface area contributed by atoms with Crippen LogP contribution in [0.15, 0.2) is 41.7 Å². The van der Waals surface area contributed by atoms with Gasteiger partial charge in [-0.3, -0.25) is 0 Å². The zero-order valence-corrected chi connectivity index (χ0v) is 11.4. The van der Waals surface area contributed by atoms with Gasteiger partial charge in [-0.15, -0.1) is 0 Å². The molecule has 6 heteroatoms. The van der Waals surface area contributed by atoms with Gasteiger partial charge < -0.3 is 18.9 Å². The van der Waals surface area contributed by atoms with Gasteiger partial charge in [0, 0.05) is 0 Å². The average molecular weight is 290 g/mol. The van der Waals surface area contributed by atoms with Crippen LogP contribution in [0.2, 0.25) is 0 Å². The molecular weight excluding hydrogens is 276 g/mol. The molecule has 2 heterocycles. The van der Waals surface area contributed by atoms with Crippen LogP contribution in [-0.2, 0) is 30.3 Å². The molecule has 1 saturated heterocycles. The van der Waals surface area contributed by atoms with E-state index in [1.165, 1.54) is 0 Å². The van der Waals surface area contributed by atoms with E-state index in [9.17, 15) is 9.59 Å². The molecule has 0 amide bonds. The molecule has 2 aliphatic rings. The molecule has 0 spiro atoms. The van der Waals surface area contributed by atoms with E-state index in [1.807, 2.05) is 30.3 Å². The van der Waals surface area contributed by atoms with Gasteiger partial charge in [0.05, 0.1) is 5.57 Å². The molecule has 3 rings (SSSR count). The summed E-state index contributed by atoms with van der Waals surface area (Å²) >= 11 is 0. The van der Waals surface area contributed by atoms with Crippen LogP contribution in [0.5, 0.6) is 0 Å². The number of rotatable bonds is 4. The van der Waals surface area contributed by atoms with Crippen molar-refractivity contribution in [2.24, 2.45) is 0 Å². The molecule has 21 heavy (non-hydrogen) atoms. The maximum Gasteiger partial charge on any atom is 0.508 e. The maximum atomic E-state index is 11.7. The molecule has 0 aliphatic carbocycles. The zero-order chi connectivity index (χ0) is 14.8. The van der Waals surface area contributed by atoms with Crippen LogP contribution in [0.25, 0.3) is 0 Å². The predicted octanol–water partition coefficient (Wildman–Crippen LogP) is 1.94. The van der Waals surface area contributed by atoms with Crippen molar-refractivity contribution in [1.29, 1.82) is 0 Å². The Kier molecular flexibility index (Phi) is 3.51. The van der Waals surface area contributed by atoms with Gasteiger partial charge in [0.25, 0.3) is 0 Å². The van der Waals surface area contributed by atoms with Gasteiger partial charge in [-0.1, -0.05) is 30.3 Å². The highest BCUT2D eigenvalue weighted by molar-refractivity contribution is 5.91. The van der Waals surface area contributed by atoms with Crippen molar-refractivity contribution in [3.8, 4) is 0 Å². The van der Waals surface area contributed by atoms with E-state index in [2.05, 4.69) is 0 Å². The second kappa shape index (κ2) is 5.47. The molecule has 0 aromatic heterocycles. The van der Waals surface area contributed by atoms with Crippen molar-refractivity contribution in [3.05, 3.63) is 47.2 Å². The lowest BCUT2D eigenvalue weighted by Crippen LogP contribution is -2.31. The summed E-state index contributed by atoms with van der Waals surface area (Å²) in [6.45, 7) is 1.98. The fraction of sp³-hybridized carbons (Fsp3) is 0.333. The number of carbonyl (C=O) groups excluding carboxylic acids is 2. The minimum atomic E-state index is -0.761. The summed E-state index contributed by atoms with van der Waals surface area (Å²) in [5.74, 6) is -0.0711. The highest BCUT2D eigenvalue weighted by Crippen LogP contribution is 2.30. The Balaban J connectivity index is 1.73. The van der Waals surface area contributed by atoms with E-state index in [0.29, 0.717) is 17.9 Å². The quantitative estimate of drug-likeness (QED) is 0.789. The van der Waals surface area contributed by atoms with Crippen LogP contribution in [0.4, 0.5) is 4.79 Å². The third kappa shape index (κ3) is 2.69. The number of esters is 1. The fourth-order valence-electron chi connectivity index (χ4n) is 2.23.